The monoisotopic (exact) mass is 281 g/mol. The molecular formula is C10H7ClF3NO3. The molecule has 1 rings (SSSR count). The Kier molecular flexibility index (Phi) is 3.95. The number of halogens is 4. The van der Waals surface area contributed by atoms with Crippen LogP contribution in [0.4, 0.5) is 18.9 Å². The van der Waals surface area contributed by atoms with E-state index in [0.717, 1.165) is 13.0 Å². The third-order valence-electron chi connectivity index (χ3n) is 2.13. The molecule has 0 aliphatic heterocycles. The second-order valence-electron chi connectivity index (χ2n) is 3.54. The van der Waals surface area contributed by atoms with E-state index in [9.17, 15) is 28.1 Å². The molecule has 0 fully saturated rings. The van der Waals surface area contributed by atoms with Crippen LogP contribution in [0.3, 0.4) is 0 Å². The molecule has 0 spiro atoms. The highest BCUT2D eigenvalue weighted by Gasteiger charge is 2.33. The summed E-state index contributed by atoms with van der Waals surface area (Å²) in [5.74, 6) is -0.592. The molecule has 8 heteroatoms. The molecule has 0 bridgehead atoms. The normalized spacial score (nSPS) is 13.2. The van der Waals surface area contributed by atoms with Gasteiger partial charge in [0.05, 0.1) is 10.5 Å². The predicted octanol–water partition coefficient (Wildman–Crippen LogP) is 3.48. The molecule has 0 amide bonds. The molecule has 1 atom stereocenters. The summed E-state index contributed by atoms with van der Waals surface area (Å²) in [5.41, 5.74) is -2.21. The first kappa shape index (κ1) is 14.4. The minimum atomic E-state index is -4.74. The van der Waals surface area contributed by atoms with Gasteiger partial charge in [-0.25, -0.2) is 0 Å². The van der Waals surface area contributed by atoms with Gasteiger partial charge < -0.3 is 0 Å². The van der Waals surface area contributed by atoms with E-state index in [1.54, 1.807) is 0 Å². The standard InChI is InChI=1S/C10H7ClF3NO3/c1-5(16)9(11)6-2-7(10(12,13)14)4-8(3-6)15(17)18/h2-4,9H,1H3. The molecular weight excluding hydrogens is 275 g/mol. The maximum Gasteiger partial charge on any atom is 0.416 e. The number of rotatable bonds is 3. The molecule has 0 aromatic heterocycles. The van der Waals surface area contributed by atoms with Crippen LogP contribution in [0.1, 0.15) is 23.4 Å². The Morgan fingerprint density at radius 2 is 1.94 bits per heavy atom. The first-order valence-electron chi connectivity index (χ1n) is 4.64. The van der Waals surface area contributed by atoms with Crippen LogP contribution in [-0.2, 0) is 11.0 Å². The predicted molar refractivity (Wildman–Crippen MR) is 57.4 cm³/mol. The summed E-state index contributed by atoms with van der Waals surface area (Å²) in [5, 5.41) is 9.19. The van der Waals surface area contributed by atoms with Gasteiger partial charge in [-0.2, -0.15) is 13.2 Å². The zero-order chi connectivity index (χ0) is 14.1. The van der Waals surface area contributed by atoms with Gasteiger partial charge in [0, 0.05) is 12.1 Å². The number of nitro benzene ring substituents is 1. The van der Waals surface area contributed by atoms with Crippen molar-refractivity contribution in [1.82, 2.24) is 0 Å². The number of non-ortho nitro benzene ring substituents is 1. The molecule has 18 heavy (non-hydrogen) atoms. The van der Waals surface area contributed by atoms with Gasteiger partial charge >= 0.3 is 6.18 Å². The number of nitrogens with zero attached hydrogens (tertiary/aromatic N) is 1. The smallest absolute Gasteiger partial charge is 0.298 e. The van der Waals surface area contributed by atoms with Crippen molar-refractivity contribution >= 4 is 23.1 Å². The summed E-state index contributed by atoms with van der Waals surface area (Å²) >= 11 is 5.60. The van der Waals surface area contributed by atoms with Crippen LogP contribution in [-0.4, -0.2) is 10.7 Å². The van der Waals surface area contributed by atoms with Crippen LogP contribution in [0, 0.1) is 10.1 Å². The zero-order valence-electron chi connectivity index (χ0n) is 8.99. The molecule has 4 nitrogen and oxygen atoms in total. The second kappa shape index (κ2) is 4.93. The number of carbonyl (C=O) groups excluding carboxylic acids is 1. The molecule has 0 heterocycles. The Balaban J connectivity index is 3.40. The first-order chi connectivity index (χ1) is 8.12. The fourth-order valence-corrected chi connectivity index (χ4v) is 1.41. The Labute approximate surface area is 105 Å². The van der Waals surface area contributed by atoms with E-state index in [1.807, 2.05) is 0 Å². The molecule has 0 radical (unpaired) electrons. The number of ketones is 1. The Morgan fingerprint density at radius 1 is 1.39 bits per heavy atom. The van der Waals surface area contributed by atoms with Crippen molar-refractivity contribution in [3.05, 3.63) is 39.4 Å². The first-order valence-corrected chi connectivity index (χ1v) is 5.07. The van der Waals surface area contributed by atoms with E-state index in [-0.39, 0.29) is 5.56 Å². The quantitative estimate of drug-likeness (QED) is 0.484. The molecule has 1 aromatic carbocycles. The van der Waals surface area contributed by atoms with E-state index in [0.29, 0.717) is 12.1 Å². The SMILES string of the molecule is CC(=O)C(Cl)c1cc([N+](=O)[O-])cc(C(F)(F)F)c1. The Hall–Kier alpha value is -1.63. The number of hydrogen-bond donors (Lipinski definition) is 0. The molecule has 0 N–H and O–H groups in total. The lowest BCUT2D eigenvalue weighted by molar-refractivity contribution is -0.385. The fourth-order valence-electron chi connectivity index (χ4n) is 1.28. The summed E-state index contributed by atoms with van der Waals surface area (Å²) < 4.78 is 37.6. The largest absolute Gasteiger partial charge is 0.416 e. The van der Waals surface area contributed by atoms with E-state index in [1.165, 1.54) is 0 Å². The number of hydrogen-bond acceptors (Lipinski definition) is 3. The highest BCUT2D eigenvalue weighted by Crippen LogP contribution is 2.35. The van der Waals surface area contributed by atoms with Gasteiger partial charge in [-0.1, -0.05) is 0 Å². The number of nitro groups is 1. The molecule has 1 aromatic rings. The van der Waals surface area contributed by atoms with Gasteiger partial charge in [0.25, 0.3) is 5.69 Å². The Morgan fingerprint density at radius 3 is 2.33 bits per heavy atom. The van der Waals surface area contributed by atoms with E-state index in [2.05, 4.69) is 0 Å². The van der Waals surface area contributed by atoms with Crippen LogP contribution in [0.2, 0.25) is 0 Å². The van der Waals surface area contributed by atoms with Crippen LogP contribution in [0.25, 0.3) is 0 Å². The lowest BCUT2D eigenvalue weighted by atomic mass is 10.0. The highest BCUT2D eigenvalue weighted by molar-refractivity contribution is 6.30. The second-order valence-corrected chi connectivity index (χ2v) is 3.98. The molecule has 0 saturated carbocycles. The van der Waals surface area contributed by atoms with Gasteiger partial charge in [0.15, 0.2) is 5.78 Å². The van der Waals surface area contributed by atoms with Crippen molar-refractivity contribution in [2.75, 3.05) is 0 Å². The van der Waals surface area contributed by atoms with Gasteiger partial charge in [-0.15, -0.1) is 11.6 Å². The topological polar surface area (TPSA) is 60.2 Å². The lowest BCUT2D eigenvalue weighted by Crippen LogP contribution is -2.09. The average Bonchev–Trinajstić information content (AvgIpc) is 2.26. The summed E-state index contributed by atoms with van der Waals surface area (Å²) in [7, 11) is 0. The van der Waals surface area contributed by atoms with Crippen molar-refractivity contribution in [2.45, 2.75) is 18.5 Å². The van der Waals surface area contributed by atoms with Gasteiger partial charge in [-0.05, 0) is 18.6 Å². The number of alkyl halides is 4. The molecule has 0 aliphatic rings. The number of carbonyl (C=O) groups is 1. The maximum absolute atomic E-state index is 12.5. The summed E-state index contributed by atoms with van der Waals surface area (Å²) in [6.45, 7) is 1.09. The van der Waals surface area contributed by atoms with Crippen molar-refractivity contribution in [3.63, 3.8) is 0 Å². The minimum absolute atomic E-state index is 0.245. The molecule has 0 aliphatic carbocycles. The van der Waals surface area contributed by atoms with Crippen LogP contribution in [0.5, 0.6) is 0 Å². The maximum atomic E-state index is 12.5. The third-order valence-corrected chi connectivity index (χ3v) is 2.69. The lowest BCUT2D eigenvalue weighted by Gasteiger charge is -2.11. The zero-order valence-corrected chi connectivity index (χ0v) is 9.75. The van der Waals surface area contributed by atoms with Crippen molar-refractivity contribution < 1.29 is 22.9 Å². The van der Waals surface area contributed by atoms with E-state index >= 15 is 0 Å². The van der Waals surface area contributed by atoms with Crippen LogP contribution in [0.15, 0.2) is 18.2 Å². The fraction of sp³-hybridized carbons (Fsp3) is 0.300. The molecule has 0 saturated heterocycles. The van der Waals surface area contributed by atoms with Gasteiger partial charge in [0.1, 0.15) is 5.38 Å². The molecule has 1 unspecified atom stereocenters. The van der Waals surface area contributed by atoms with Gasteiger partial charge in [-0.3, -0.25) is 14.9 Å². The van der Waals surface area contributed by atoms with E-state index < -0.39 is 33.5 Å². The Bertz CT molecular complexity index is 502. The summed E-state index contributed by atoms with van der Waals surface area (Å²) in [6.07, 6.45) is -4.74. The summed E-state index contributed by atoms with van der Waals surface area (Å²) in [6, 6.07) is 1.88. The minimum Gasteiger partial charge on any atom is -0.298 e. The highest BCUT2D eigenvalue weighted by atomic mass is 35.5. The van der Waals surface area contributed by atoms with Gasteiger partial charge in [0.2, 0.25) is 0 Å². The van der Waals surface area contributed by atoms with Crippen LogP contribution >= 0.6 is 11.6 Å². The molecule has 98 valence electrons. The van der Waals surface area contributed by atoms with Crippen LogP contribution < -0.4 is 0 Å². The third kappa shape index (κ3) is 3.19. The van der Waals surface area contributed by atoms with Crippen molar-refractivity contribution in [2.24, 2.45) is 0 Å². The van der Waals surface area contributed by atoms with Crippen molar-refractivity contribution in [1.29, 1.82) is 0 Å². The van der Waals surface area contributed by atoms with E-state index in [4.69, 9.17) is 11.6 Å². The van der Waals surface area contributed by atoms with Crippen molar-refractivity contribution in [3.8, 4) is 0 Å². The summed E-state index contributed by atoms with van der Waals surface area (Å²) in [4.78, 5) is 20.6. The number of Topliss-reactive ketones (excluding diaryl/α,β-unsaturated/α-hetero) is 1. The average molecular weight is 282 g/mol. The number of benzene rings is 1.